The van der Waals surface area contributed by atoms with Gasteiger partial charge in [-0.15, -0.1) is 0 Å². The van der Waals surface area contributed by atoms with Crippen LogP contribution in [0.25, 0.3) is 5.78 Å². The zero-order chi connectivity index (χ0) is 28.3. The molecular weight excluding hydrogens is 538 g/mol. The summed E-state index contributed by atoms with van der Waals surface area (Å²) in [5, 5.41) is 0.627. The van der Waals surface area contributed by atoms with Crippen LogP contribution in [0.5, 0.6) is 0 Å². The van der Waals surface area contributed by atoms with E-state index in [1.165, 1.54) is 21.3 Å². The smallest absolute Gasteiger partial charge is 0.394 e. The lowest BCUT2D eigenvalue weighted by Crippen LogP contribution is -2.18. The van der Waals surface area contributed by atoms with Crippen LogP contribution < -0.4 is 11.5 Å². The summed E-state index contributed by atoms with van der Waals surface area (Å²) in [6.45, 7) is 0. The highest BCUT2D eigenvalue weighted by Gasteiger charge is 2.11. The Morgan fingerprint density at radius 1 is 1.00 bits per heavy atom. The van der Waals surface area contributed by atoms with E-state index in [0.717, 1.165) is 0 Å². The number of imidazole rings is 3. The molecule has 0 aliphatic carbocycles. The number of nitrogen functional groups attached to an aromatic ring is 2. The zero-order valence-corrected chi connectivity index (χ0v) is 21.5. The Bertz CT molecular complexity index is 1180. The number of esters is 1. The molecule has 0 aromatic carbocycles. The number of hydrogen-bond acceptors (Lipinski definition) is 12. The first kappa shape index (κ1) is 33.2. The average Bonchev–Trinajstić information content (AvgIpc) is 3.61. The minimum atomic E-state index is -4.67. The predicted molar refractivity (Wildman–Crippen MR) is 133 cm³/mol. The molecule has 4 rings (SSSR count). The molecule has 0 spiro atoms. The number of rotatable bonds is 4. The van der Waals surface area contributed by atoms with E-state index < -0.39 is 16.7 Å². The number of aromatic nitrogens is 7. The van der Waals surface area contributed by atoms with Crippen LogP contribution in [0.15, 0.2) is 49.4 Å². The molecule has 0 saturated carbocycles. The van der Waals surface area contributed by atoms with E-state index in [1.807, 2.05) is 0 Å². The van der Waals surface area contributed by atoms with E-state index in [4.69, 9.17) is 50.1 Å². The van der Waals surface area contributed by atoms with Gasteiger partial charge in [-0.3, -0.25) is 18.3 Å². The van der Waals surface area contributed by atoms with E-state index in [0.29, 0.717) is 22.8 Å². The largest absolute Gasteiger partial charge is 0.469 e. The van der Waals surface area contributed by atoms with Crippen LogP contribution in [0, 0.1) is 0 Å². The lowest BCUT2D eigenvalue weighted by atomic mass is 10.4. The van der Waals surface area contributed by atoms with Crippen LogP contribution in [-0.2, 0) is 29.4 Å². The van der Waals surface area contributed by atoms with E-state index >= 15 is 0 Å². The summed E-state index contributed by atoms with van der Waals surface area (Å²) in [5.41, 5.74) is 10.2. The van der Waals surface area contributed by atoms with E-state index in [2.05, 4.69) is 34.6 Å². The van der Waals surface area contributed by atoms with Gasteiger partial charge < -0.3 is 35.6 Å². The van der Waals surface area contributed by atoms with E-state index in [9.17, 15) is 4.79 Å². The molecule has 8 N–H and O–H groups in total. The van der Waals surface area contributed by atoms with Crippen molar-refractivity contribution >= 4 is 45.6 Å². The van der Waals surface area contributed by atoms with Crippen molar-refractivity contribution in [2.45, 2.75) is 12.7 Å². The number of H-pyrrole nitrogens is 2. The molecule has 0 bridgehead atoms. The summed E-state index contributed by atoms with van der Waals surface area (Å²) in [4.78, 5) is 31.1. The lowest BCUT2D eigenvalue weighted by molar-refractivity contribution is -0.156. The van der Waals surface area contributed by atoms with Crippen molar-refractivity contribution in [3.63, 3.8) is 0 Å². The van der Waals surface area contributed by atoms with Gasteiger partial charge in [0.2, 0.25) is 5.78 Å². The number of fused-ring (bicyclic) bond motifs is 1. The molecule has 4 aromatic heterocycles. The highest BCUT2D eigenvalue weighted by atomic mass is 35.5. The van der Waals surface area contributed by atoms with Gasteiger partial charge in [0.1, 0.15) is 5.15 Å². The Balaban J connectivity index is 0.000000451. The van der Waals surface area contributed by atoms with Crippen LogP contribution in [0.3, 0.4) is 0 Å². The molecule has 0 unspecified atom stereocenters. The van der Waals surface area contributed by atoms with Crippen molar-refractivity contribution in [2.24, 2.45) is 0 Å². The third kappa shape index (κ3) is 18.2. The maximum absolute atomic E-state index is 10.6. The van der Waals surface area contributed by atoms with Crippen molar-refractivity contribution in [1.82, 2.24) is 34.3 Å². The maximum Gasteiger partial charge on any atom is 0.394 e. The summed E-state index contributed by atoms with van der Waals surface area (Å²) < 4.78 is 47.2. The number of anilines is 2. The molecule has 37 heavy (non-hydrogen) atoms. The van der Waals surface area contributed by atoms with E-state index in [1.54, 1.807) is 53.8 Å². The number of ether oxygens (including phenoxy) is 3. The summed E-state index contributed by atoms with van der Waals surface area (Å²) >= 11 is 5.78. The maximum atomic E-state index is 10.6. The summed E-state index contributed by atoms with van der Waals surface area (Å²) in [5.74, 6) is 1.23. The molecule has 4 heterocycles. The molecule has 0 saturated heterocycles. The van der Waals surface area contributed by atoms with Gasteiger partial charge in [-0.05, 0) is 6.07 Å². The van der Waals surface area contributed by atoms with Gasteiger partial charge in [0.05, 0.1) is 13.5 Å². The number of nitrogens with two attached hydrogens (primary N) is 2. The Kier molecular flexibility index (Phi) is 16.6. The van der Waals surface area contributed by atoms with Gasteiger partial charge in [0.25, 0.3) is 0 Å². The van der Waals surface area contributed by atoms with Crippen LogP contribution in [0.1, 0.15) is 6.42 Å². The highest BCUT2D eigenvalue weighted by molar-refractivity contribution is 7.79. The molecule has 0 aliphatic heterocycles. The minimum absolute atomic E-state index is 0.128. The number of aromatic amines is 2. The Morgan fingerprint density at radius 3 is 1.81 bits per heavy atom. The first-order chi connectivity index (χ1) is 17.4. The SMILES string of the molecule is COC(=O)CC(OC)OC.Clc1ccnc2nccn12.Nc1ncc[nH]1.Nc1ncc[nH]1.O=S(=O)(O)O. The zero-order valence-electron chi connectivity index (χ0n) is 19.9. The van der Waals surface area contributed by atoms with Gasteiger partial charge in [0, 0.05) is 57.6 Å². The van der Waals surface area contributed by atoms with Gasteiger partial charge >= 0.3 is 16.4 Å². The molecule has 0 radical (unpaired) electrons. The summed E-state index contributed by atoms with van der Waals surface area (Å²) in [6, 6.07) is 1.72. The number of nitrogens with zero attached hydrogens (tertiary/aromatic N) is 5. The van der Waals surface area contributed by atoms with Crippen molar-refractivity contribution in [1.29, 1.82) is 0 Å². The summed E-state index contributed by atoms with van der Waals surface area (Å²) in [6.07, 6.45) is 11.3. The fourth-order valence-corrected chi connectivity index (χ4v) is 2.03. The number of carbonyl (C=O) groups is 1. The normalized spacial score (nSPS) is 9.92. The van der Waals surface area contributed by atoms with Crippen molar-refractivity contribution in [3.8, 4) is 0 Å². The molecule has 0 atom stereocenters. The van der Waals surface area contributed by atoms with Gasteiger partial charge in [-0.2, -0.15) is 8.42 Å². The molecule has 19 heteroatoms. The van der Waals surface area contributed by atoms with E-state index in [-0.39, 0.29) is 12.4 Å². The van der Waals surface area contributed by atoms with Crippen molar-refractivity contribution in [2.75, 3.05) is 32.8 Å². The Hall–Kier alpha value is -3.81. The number of methoxy groups -OCH3 is 3. The van der Waals surface area contributed by atoms with Crippen LogP contribution in [0.4, 0.5) is 11.9 Å². The van der Waals surface area contributed by atoms with Gasteiger partial charge in [0.15, 0.2) is 18.2 Å². The number of hydrogen-bond donors (Lipinski definition) is 6. The lowest BCUT2D eigenvalue weighted by Gasteiger charge is -2.10. The highest BCUT2D eigenvalue weighted by Crippen LogP contribution is 2.07. The second-order valence-corrected chi connectivity index (χ2v) is 7.23. The fourth-order valence-electron chi connectivity index (χ4n) is 1.84. The second-order valence-electron chi connectivity index (χ2n) is 5.94. The quantitative estimate of drug-likeness (QED) is 0.0868. The van der Waals surface area contributed by atoms with Gasteiger partial charge in [-0.1, -0.05) is 11.6 Å². The standard InChI is InChI=1S/C6H4ClN3.C6H12O4.2C3H5N3.H2O4S/c7-5-1-2-8-6-9-3-4-10(5)6;1-8-5(7)4-6(9-2)10-3;2*4-3-5-1-2-6-3;1-5(2,3)4/h1-4H;6H,4H2,1-3H3;2*1-2H,(H3,4,5,6);(H2,1,2,3,4). The Morgan fingerprint density at radius 2 is 1.49 bits per heavy atom. The second kappa shape index (κ2) is 18.5. The number of halogens is 1. The fraction of sp³-hybridized carbons (Fsp3) is 0.278. The van der Waals surface area contributed by atoms with Crippen LogP contribution >= 0.6 is 11.6 Å². The van der Waals surface area contributed by atoms with Crippen molar-refractivity contribution in [3.05, 3.63) is 54.6 Å². The monoisotopic (exact) mass is 565 g/mol. The number of nitrogens with one attached hydrogen (secondary N) is 2. The van der Waals surface area contributed by atoms with Crippen LogP contribution in [0.2, 0.25) is 5.15 Å². The molecule has 0 amide bonds. The topological polar surface area (TPSA) is 259 Å². The minimum Gasteiger partial charge on any atom is -0.469 e. The Labute approximate surface area is 216 Å². The molecule has 4 aromatic rings. The number of carbonyl (C=O) groups excluding carboxylic acids is 1. The predicted octanol–water partition coefficient (Wildman–Crippen LogP) is 0.882. The van der Waals surface area contributed by atoms with Crippen molar-refractivity contribution < 1.29 is 36.5 Å². The third-order valence-electron chi connectivity index (χ3n) is 3.38. The molecule has 0 aliphatic rings. The first-order valence-electron chi connectivity index (χ1n) is 9.66. The molecule has 17 nitrogen and oxygen atoms in total. The first-order valence-corrected chi connectivity index (χ1v) is 11.4. The summed E-state index contributed by atoms with van der Waals surface area (Å²) in [7, 11) is -0.404. The molecular formula is C18H28ClN9O8S. The molecule has 206 valence electrons. The molecule has 0 fully saturated rings. The van der Waals surface area contributed by atoms with Gasteiger partial charge in [-0.25, -0.2) is 19.9 Å². The average molecular weight is 566 g/mol. The third-order valence-corrected chi connectivity index (χ3v) is 3.69. The van der Waals surface area contributed by atoms with Crippen LogP contribution in [-0.4, -0.2) is 85.4 Å².